The van der Waals surface area contributed by atoms with Gasteiger partial charge in [0, 0.05) is 0 Å². The van der Waals surface area contributed by atoms with Crippen molar-refractivity contribution in [2.45, 2.75) is 27.7 Å². The average molecular weight is 163 g/mol. The van der Waals surface area contributed by atoms with E-state index in [-0.39, 0.29) is 0 Å². The van der Waals surface area contributed by atoms with Crippen LogP contribution in [0.25, 0.3) is 0 Å². The number of rotatable bonds is 2. The molecule has 0 fully saturated rings. The monoisotopic (exact) mass is 163 g/mol. The summed E-state index contributed by atoms with van der Waals surface area (Å²) in [6, 6.07) is 0. The van der Waals surface area contributed by atoms with Crippen LogP contribution >= 0.6 is 0 Å². The number of allylic oxidation sites excluding steroid dienone is 4. The quantitative estimate of drug-likeness (QED) is 0.583. The predicted molar refractivity (Wildman–Crippen MR) is 54.7 cm³/mol. The van der Waals surface area contributed by atoms with Gasteiger partial charge in [0.1, 0.15) is 0 Å². The fourth-order valence-electron chi connectivity index (χ4n) is 1.43. The first-order valence-electron chi connectivity index (χ1n) is 4.84. The Morgan fingerprint density at radius 3 is 2.33 bits per heavy atom. The molecule has 1 radical (unpaired) electrons. The van der Waals surface area contributed by atoms with Gasteiger partial charge >= 0.3 is 0 Å². The Labute approximate surface area is 76.4 Å². The lowest BCUT2D eigenvalue weighted by molar-refractivity contribution is 0.512. The Balaban J connectivity index is 2.61. The van der Waals surface area contributed by atoms with Crippen molar-refractivity contribution < 1.29 is 0 Å². The minimum Gasteiger partial charge on any atom is -0.0805 e. The Morgan fingerprint density at radius 2 is 1.83 bits per heavy atom. The van der Waals surface area contributed by atoms with Gasteiger partial charge in [-0.05, 0) is 24.2 Å². The van der Waals surface area contributed by atoms with Gasteiger partial charge in [-0.25, -0.2) is 0 Å². The maximum absolute atomic E-state index is 2.40. The van der Waals surface area contributed by atoms with E-state index in [0.717, 1.165) is 5.92 Å². The van der Waals surface area contributed by atoms with Gasteiger partial charge in [-0.2, -0.15) is 0 Å². The van der Waals surface area contributed by atoms with Gasteiger partial charge in [0.2, 0.25) is 0 Å². The third-order valence-electron chi connectivity index (χ3n) is 2.44. The minimum absolute atomic E-state index is 0.646. The molecule has 1 atom stereocenters. The van der Waals surface area contributed by atoms with E-state index in [0.29, 0.717) is 11.8 Å². The normalized spacial score (nSPS) is 23.5. The molecular weight excluding hydrogens is 144 g/mol. The van der Waals surface area contributed by atoms with Crippen LogP contribution in [0, 0.1) is 24.2 Å². The average Bonchev–Trinajstić information content (AvgIpc) is 2.04. The first kappa shape index (κ1) is 9.57. The Bertz CT molecular complexity index is 194. The summed E-state index contributed by atoms with van der Waals surface area (Å²) in [7, 11) is 0. The molecule has 12 heavy (non-hydrogen) atoms. The molecule has 0 N–H and O–H groups in total. The molecule has 1 rings (SSSR count). The Hall–Kier alpha value is -0.520. The van der Waals surface area contributed by atoms with Crippen LogP contribution < -0.4 is 0 Å². The fraction of sp³-hybridized carbons (Fsp3) is 0.583. The van der Waals surface area contributed by atoms with Gasteiger partial charge in [-0.3, -0.25) is 0 Å². The molecule has 0 saturated carbocycles. The van der Waals surface area contributed by atoms with Crippen molar-refractivity contribution in [3.63, 3.8) is 0 Å². The van der Waals surface area contributed by atoms with Gasteiger partial charge in [0.15, 0.2) is 0 Å². The third kappa shape index (κ3) is 2.23. The topological polar surface area (TPSA) is 0 Å². The van der Waals surface area contributed by atoms with Gasteiger partial charge in [0.25, 0.3) is 0 Å². The standard InChI is InChI=1S/C12H19/c1-9(2)11-6-5-7-12(8-11)10(3)4/h5-11H,1-4H3/t11-/m0/s1. The van der Waals surface area contributed by atoms with Crippen LogP contribution in [0.2, 0.25) is 0 Å². The third-order valence-corrected chi connectivity index (χ3v) is 2.44. The van der Waals surface area contributed by atoms with E-state index < -0.39 is 0 Å². The van der Waals surface area contributed by atoms with Gasteiger partial charge in [0.05, 0.1) is 0 Å². The lowest BCUT2D eigenvalue weighted by Crippen LogP contribution is -2.12. The molecule has 0 aromatic heterocycles. The maximum Gasteiger partial charge on any atom is -0.00604 e. The highest BCUT2D eigenvalue weighted by Crippen LogP contribution is 2.27. The summed E-state index contributed by atoms with van der Waals surface area (Å²) in [5.41, 5.74) is 1.48. The number of hydrogen-bond acceptors (Lipinski definition) is 0. The second kappa shape index (κ2) is 3.93. The first-order valence-corrected chi connectivity index (χ1v) is 4.84. The highest BCUT2D eigenvalue weighted by Gasteiger charge is 2.16. The summed E-state index contributed by atoms with van der Waals surface area (Å²) in [6.45, 7) is 9.04. The maximum atomic E-state index is 2.40. The van der Waals surface area contributed by atoms with Crippen molar-refractivity contribution in [1.29, 1.82) is 0 Å². The minimum atomic E-state index is 0.646. The molecule has 0 aromatic rings. The Kier molecular flexibility index (Phi) is 3.13. The van der Waals surface area contributed by atoms with Gasteiger partial charge < -0.3 is 0 Å². The molecule has 0 heteroatoms. The van der Waals surface area contributed by atoms with Crippen LogP contribution in [-0.4, -0.2) is 0 Å². The predicted octanol–water partition coefficient (Wildman–Crippen LogP) is 3.62. The van der Waals surface area contributed by atoms with E-state index in [1.807, 2.05) is 0 Å². The molecule has 0 nitrogen and oxygen atoms in total. The van der Waals surface area contributed by atoms with E-state index >= 15 is 0 Å². The highest BCUT2D eigenvalue weighted by atomic mass is 14.2. The molecule has 1 aliphatic rings. The molecule has 0 heterocycles. The van der Waals surface area contributed by atoms with E-state index in [2.05, 4.69) is 52.3 Å². The molecule has 1 aliphatic carbocycles. The lowest BCUT2D eigenvalue weighted by atomic mass is 9.82. The first-order chi connectivity index (χ1) is 5.61. The summed E-state index contributed by atoms with van der Waals surface area (Å²) in [5.74, 6) is 2.03. The summed E-state index contributed by atoms with van der Waals surface area (Å²) in [5, 5.41) is 0. The second-order valence-corrected chi connectivity index (χ2v) is 4.19. The zero-order valence-corrected chi connectivity index (χ0v) is 8.54. The molecule has 0 aliphatic heterocycles. The molecule has 0 saturated heterocycles. The van der Waals surface area contributed by atoms with Crippen molar-refractivity contribution >= 4 is 0 Å². The van der Waals surface area contributed by atoms with Gasteiger partial charge in [-0.15, -0.1) is 0 Å². The zero-order chi connectivity index (χ0) is 9.14. The van der Waals surface area contributed by atoms with Crippen molar-refractivity contribution in [1.82, 2.24) is 0 Å². The van der Waals surface area contributed by atoms with Crippen molar-refractivity contribution in [3.8, 4) is 0 Å². The van der Waals surface area contributed by atoms with Crippen molar-refractivity contribution in [3.05, 3.63) is 30.2 Å². The molecule has 0 aromatic carbocycles. The molecular formula is C12H19. The van der Waals surface area contributed by atoms with Crippen LogP contribution in [0.1, 0.15) is 27.7 Å². The number of hydrogen-bond donors (Lipinski definition) is 0. The van der Waals surface area contributed by atoms with Crippen LogP contribution in [0.5, 0.6) is 0 Å². The molecule has 0 spiro atoms. The van der Waals surface area contributed by atoms with Crippen molar-refractivity contribution in [2.24, 2.45) is 17.8 Å². The van der Waals surface area contributed by atoms with Crippen molar-refractivity contribution in [2.75, 3.05) is 0 Å². The molecule has 67 valence electrons. The lowest BCUT2D eigenvalue weighted by Gasteiger charge is -2.23. The van der Waals surface area contributed by atoms with Crippen LogP contribution in [0.4, 0.5) is 0 Å². The zero-order valence-electron chi connectivity index (χ0n) is 8.54. The molecule has 0 amide bonds. The molecule has 0 unspecified atom stereocenters. The summed E-state index contributed by atoms with van der Waals surface area (Å²) >= 11 is 0. The van der Waals surface area contributed by atoms with Crippen LogP contribution in [0.15, 0.2) is 23.8 Å². The second-order valence-electron chi connectivity index (χ2n) is 4.19. The van der Waals surface area contributed by atoms with E-state index in [1.165, 1.54) is 5.57 Å². The Morgan fingerprint density at radius 1 is 1.17 bits per heavy atom. The fourth-order valence-corrected chi connectivity index (χ4v) is 1.43. The smallest absolute Gasteiger partial charge is 0.00604 e. The largest absolute Gasteiger partial charge is 0.0805 e. The summed E-state index contributed by atoms with van der Waals surface area (Å²) in [6.07, 6.45) is 9.11. The highest BCUT2D eigenvalue weighted by molar-refractivity contribution is 5.30. The van der Waals surface area contributed by atoms with E-state index in [4.69, 9.17) is 0 Å². The summed E-state index contributed by atoms with van der Waals surface area (Å²) in [4.78, 5) is 0. The summed E-state index contributed by atoms with van der Waals surface area (Å²) < 4.78 is 0. The van der Waals surface area contributed by atoms with E-state index in [9.17, 15) is 0 Å². The van der Waals surface area contributed by atoms with Crippen LogP contribution in [-0.2, 0) is 0 Å². The van der Waals surface area contributed by atoms with Gasteiger partial charge in [-0.1, -0.05) is 51.5 Å². The SMILES string of the molecule is CC(C)C1=CC=C[C@H](C(C)C)[CH]1. The molecule has 0 bridgehead atoms. The van der Waals surface area contributed by atoms with Crippen LogP contribution in [0.3, 0.4) is 0 Å². The van der Waals surface area contributed by atoms with E-state index in [1.54, 1.807) is 0 Å².